The van der Waals surface area contributed by atoms with E-state index in [1.54, 1.807) is 0 Å². The fourth-order valence-electron chi connectivity index (χ4n) is 1.09. The lowest BCUT2D eigenvalue weighted by Gasteiger charge is -1.99. The van der Waals surface area contributed by atoms with Crippen LogP contribution in [0.15, 0.2) is 33.7 Å². The summed E-state index contributed by atoms with van der Waals surface area (Å²) in [6, 6.07) is 7.29. The van der Waals surface area contributed by atoms with Gasteiger partial charge in [-0.3, -0.25) is 9.79 Å². The van der Waals surface area contributed by atoms with Crippen molar-refractivity contribution in [3.05, 3.63) is 34.3 Å². The average Bonchev–Trinajstić information content (AvgIpc) is 2.20. The van der Waals surface area contributed by atoms with Gasteiger partial charge in [-0.2, -0.15) is 0 Å². The van der Waals surface area contributed by atoms with E-state index in [4.69, 9.17) is 5.11 Å². The van der Waals surface area contributed by atoms with Crippen LogP contribution in [0.5, 0.6) is 0 Å². The Hall–Kier alpha value is -1.49. The molecule has 0 aliphatic rings. The third kappa shape index (κ3) is 3.58. The van der Waals surface area contributed by atoms with Crippen molar-refractivity contribution in [1.82, 2.24) is 0 Å². The maximum absolute atomic E-state index is 10.9. The van der Waals surface area contributed by atoms with Gasteiger partial charge in [0.25, 0.3) is 0 Å². The molecular weight excluding hydrogens is 274 g/mol. The summed E-state index contributed by atoms with van der Waals surface area (Å²) in [6.07, 6.45) is 0. The van der Waals surface area contributed by atoms with Gasteiger partial charge < -0.3 is 5.11 Å². The van der Waals surface area contributed by atoms with Crippen LogP contribution in [-0.4, -0.2) is 22.6 Å². The molecule has 0 amide bonds. The highest BCUT2D eigenvalue weighted by Gasteiger charge is 2.13. The van der Waals surface area contributed by atoms with Crippen molar-refractivity contribution in [1.29, 1.82) is 0 Å². The van der Waals surface area contributed by atoms with E-state index in [1.165, 1.54) is 6.92 Å². The van der Waals surface area contributed by atoms with Gasteiger partial charge in [0.05, 0.1) is 6.54 Å². The van der Waals surface area contributed by atoms with Gasteiger partial charge >= 0.3 is 5.97 Å². The largest absolute Gasteiger partial charge is 0.476 e. The number of carboxylic acids is 1. The molecule has 16 heavy (non-hydrogen) atoms. The van der Waals surface area contributed by atoms with Gasteiger partial charge in [-0.05, 0) is 17.7 Å². The molecule has 1 N–H and O–H groups in total. The first kappa shape index (κ1) is 12.6. The van der Waals surface area contributed by atoms with E-state index in [2.05, 4.69) is 20.9 Å². The highest BCUT2D eigenvalue weighted by molar-refractivity contribution is 9.10. The molecule has 0 aliphatic heterocycles. The number of benzene rings is 1. The van der Waals surface area contributed by atoms with Crippen LogP contribution in [0.2, 0.25) is 0 Å². The first-order valence-corrected chi connectivity index (χ1v) is 5.33. The van der Waals surface area contributed by atoms with Gasteiger partial charge in [0.1, 0.15) is 0 Å². The molecule has 0 atom stereocenters. The third-order valence-electron chi connectivity index (χ3n) is 1.87. The topological polar surface area (TPSA) is 66.7 Å². The molecule has 1 aromatic rings. The van der Waals surface area contributed by atoms with Gasteiger partial charge in [0, 0.05) is 11.4 Å². The van der Waals surface area contributed by atoms with E-state index in [0.29, 0.717) is 0 Å². The van der Waals surface area contributed by atoms with Crippen molar-refractivity contribution in [2.75, 3.05) is 0 Å². The fraction of sp³-hybridized carbons (Fsp3) is 0.182. The summed E-state index contributed by atoms with van der Waals surface area (Å²) in [5.74, 6) is -1.82. The number of aliphatic imine (C=N–C) groups is 1. The summed E-state index contributed by atoms with van der Waals surface area (Å²) in [6.45, 7) is 1.38. The second kappa shape index (κ2) is 5.55. The number of aliphatic carboxylic acids is 1. The summed E-state index contributed by atoms with van der Waals surface area (Å²) >= 11 is 3.29. The second-order valence-corrected chi connectivity index (χ2v) is 4.07. The number of carbonyl (C=O) groups excluding carboxylic acids is 1. The molecule has 0 aromatic heterocycles. The Kier molecular flexibility index (Phi) is 4.37. The lowest BCUT2D eigenvalue weighted by molar-refractivity contribution is -0.130. The van der Waals surface area contributed by atoms with Gasteiger partial charge in [-0.1, -0.05) is 28.1 Å². The molecule has 5 heteroatoms. The van der Waals surface area contributed by atoms with E-state index in [9.17, 15) is 9.59 Å². The predicted molar refractivity (Wildman–Crippen MR) is 63.6 cm³/mol. The molecule has 0 radical (unpaired) electrons. The van der Waals surface area contributed by atoms with Crippen molar-refractivity contribution in [3.8, 4) is 0 Å². The molecular formula is C11H10BrNO3. The number of ketones is 1. The summed E-state index contributed by atoms with van der Waals surface area (Å²) in [5, 5.41) is 8.71. The molecule has 0 aliphatic carbocycles. The zero-order valence-corrected chi connectivity index (χ0v) is 10.2. The molecule has 0 bridgehead atoms. The first-order chi connectivity index (χ1) is 7.50. The lowest BCUT2D eigenvalue weighted by Crippen LogP contribution is -2.21. The van der Waals surface area contributed by atoms with Gasteiger partial charge in [-0.25, -0.2) is 4.79 Å². The van der Waals surface area contributed by atoms with Crippen molar-refractivity contribution in [3.63, 3.8) is 0 Å². The third-order valence-corrected chi connectivity index (χ3v) is 2.40. The monoisotopic (exact) mass is 283 g/mol. The molecule has 0 heterocycles. The number of carboxylic acid groups (broad SMARTS) is 1. The lowest BCUT2D eigenvalue weighted by atomic mass is 10.2. The number of hydrogen-bond acceptors (Lipinski definition) is 3. The number of rotatable bonds is 4. The van der Waals surface area contributed by atoms with Crippen LogP contribution in [0.1, 0.15) is 12.5 Å². The highest BCUT2D eigenvalue weighted by Crippen LogP contribution is 2.11. The van der Waals surface area contributed by atoms with E-state index in [-0.39, 0.29) is 6.54 Å². The number of Topliss-reactive ketones (excluding diaryl/α,β-unsaturated/α-hetero) is 1. The van der Waals surface area contributed by atoms with Crippen LogP contribution in [-0.2, 0) is 16.1 Å². The molecule has 4 nitrogen and oxygen atoms in total. The molecule has 0 unspecified atom stereocenters. The Balaban J connectivity index is 2.81. The molecule has 0 saturated carbocycles. The van der Waals surface area contributed by atoms with Crippen LogP contribution in [0, 0.1) is 0 Å². The Morgan fingerprint density at radius 3 is 2.31 bits per heavy atom. The summed E-state index contributed by atoms with van der Waals surface area (Å²) in [5.41, 5.74) is 0.436. The summed E-state index contributed by atoms with van der Waals surface area (Å²) in [7, 11) is 0. The standard InChI is InChI=1S/C11H10BrNO3/c1-7(14)10(11(15)16)13-6-8-2-4-9(12)5-3-8/h2-5H,6H2,1H3,(H,15,16). The summed E-state index contributed by atoms with van der Waals surface area (Å²) < 4.78 is 0.935. The number of nitrogens with zero attached hydrogens (tertiary/aromatic N) is 1. The second-order valence-electron chi connectivity index (χ2n) is 3.15. The minimum Gasteiger partial charge on any atom is -0.476 e. The Bertz CT molecular complexity index is 421. The predicted octanol–water partition coefficient (Wildman–Crippen LogP) is 2.06. The first-order valence-electron chi connectivity index (χ1n) is 4.54. The van der Waals surface area contributed by atoms with Crippen LogP contribution in [0.4, 0.5) is 0 Å². The van der Waals surface area contributed by atoms with Gasteiger partial charge in [0.15, 0.2) is 11.5 Å². The quantitative estimate of drug-likeness (QED) is 0.679. The smallest absolute Gasteiger partial charge is 0.357 e. The Labute approximate surface area is 101 Å². The number of carbonyl (C=O) groups is 2. The molecule has 0 fully saturated rings. The van der Waals surface area contributed by atoms with Crippen molar-refractivity contribution in [2.24, 2.45) is 4.99 Å². The molecule has 1 aromatic carbocycles. The maximum Gasteiger partial charge on any atom is 0.357 e. The van der Waals surface area contributed by atoms with E-state index in [0.717, 1.165) is 10.0 Å². The average molecular weight is 284 g/mol. The summed E-state index contributed by atoms with van der Waals surface area (Å²) in [4.78, 5) is 25.4. The van der Waals surface area contributed by atoms with Gasteiger partial charge in [-0.15, -0.1) is 0 Å². The normalized spacial score (nSPS) is 11.2. The zero-order chi connectivity index (χ0) is 12.1. The molecule has 0 spiro atoms. The van der Waals surface area contributed by atoms with Crippen molar-refractivity contribution in [2.45, 2.75) is 13.5 Å². The van der Waals surface area contributed by atoms with Gasteiger partial charge in [0.2, 0.25) is 0 Å². The van der Waals surface area contributed by atoms with Crippen LogP contribution < -0.4 is 0 Å². The molecule has 0 saturated heterocycles. The van der Waals surface area contributed by atoms with E-state index < -0.39 is 17.5 Å². The van der Waals surface area contributed by atoms with Crippen LogP contribution in [0.25, 0.3) is 0 Å². The minimum atomic E-state index is -1.29. The molecule has 84 valence electrons. The highest BCUT2D eigenvalue weighted by atomic mass is 79.9. The van der Waals surface area contributed by atoms with Crippen LogP contribution >= 0.6 is 15.9 Å². The van der Waals surface area contributed by atoms with Crippen LogP contribution in [0.3, 0.4) is 0 Å². The Morgan fingerprint density at radius 2 is 1.88 bits per heavy atom. The number of hydrogen-bond donors (Lipinski definition) is 1. The van der Waals surface area contributed by atoms with Crippen molar-refractivity contribution < 1.29 is 14.7 Å². The van der Waals surface area contributed by atoms with Crippen molar-refractivity contribution >= 4 is 33.4 Å². The maximum atomic E-state index is 10.9. The zero-order valence-electron chi connectivity index (χ0n) is 8.61. The molecule has 1 rings (SSSR count). The minimum absolute atomic E-state index is 0.189. The van der Waals surface area contributed by atoms with E-state index >= 15 is 0 Å². The Morgan fingerprint density at radius 1 is 1.31 bits per heavy atom. The SMILES string of the molecule is CC(=O)C(=NCc1ccc(Br)cc1)C(=O)O. The fourth-order valence-corrected chi connectivity index (χ4v) is 1.35. The van der Waals surface area contributed by atoms with E-state index in [1.807, 2.05) is 24.3 Å². The number of halogens is 1.